The number of carbonyl (C=O) groups is 1. The minimum Gasteiger partial charge on any atom is -0.496 e. The average Bonchev–Trinajstić information content (AvgIpc) is 2.92. The quantitative estimate of drug-likeness (QED) is 0.781. The van der Waals surface area contributed by atoms with Crippen LogP contribution in [0.4, 0.5) is 0 Å². The number of benzene rings is 1. The van der Waals surface area contributed by atoms with Gasteiger partial charge in [-0.25, -0.2) is 0 Å². The van der Waals surface area contributed by atoms with Crippen molar-refractivity contribution in [3.63, 3.8) is 0 Å². The van der Waals surface area contributed by atoms with Crippen LogP contribution in [0.3, 0.4) is 0 Å². The fraction of sp³-hybridized carbons (Fsp3) is 0.412. The first-order valence-corrected chi connectivity index (χ1v) is 7.21. The van der Waals surface area contributed by atoms with E-state index in [4.69, 9.17) is 4.74 Å². The molecule has 1 atom stereocenters. The summed E-state index contributed by atoms with van der Waals surface area (Å²) in [6.45, 7) is 8.20. The summed E-state index contributed by atoms with van der Waals surface area (Å²) in [4.78, 5) is 11.4. The van der Waals surface area contributed by atoms with Crippen LogP contribution in [0.5, 0.6) is 5.75 Å². The van der Waals surface area contributed by atoms with Crippen LogP contribution in [0.2, 0.25) is 0 Å². The number of aldehydes is 1. The summed E-state index contributed by atoms with van der Waals surface area (Å²) < 4.78 is 7.21. The Morgan fingerprint density at radius 1 is 1.33 bits per heavy atom. The Balaban J connectivity index is 2.58. The van der Waals surface area contributed by atoms with Crippen LogP contribution < -0.4 is 4.74 Å². The number of rotatable bonds is 5. The molecule has 0 saturated heterocycles. The van der Waals surface area contributed by atoms with Crippen molar-refractivity contribution in [1.82, 2.24) is 9.78 Å². The van der Waals surface area contributed by atoms with Crippen LogP contribution >= 0.6 is 0 Å². The minimum absolute atomic E-state index is 0.275. The zero-order valence-corrected chi connectivity index (χ0v) is 13.3. The van der Waals surface area contributed by atoms with Gasteiger partial charge < -0.3 is 4.74 Å². The Morgan fingerprint density at radius 2 is 2.05 bits per heavy atom. The maximum atomic E-state index is 11.4. The van der Waals surface area contributed by atoms with E-state index in [1.807, 2.05) is 36.9 Å². The molecule has 0 saturated carbocycles. The number of aryl methyl sites for hydroxylation is 2. The molecule has 112 valence electrons. The molecule has 1 unspecified atom stereocenters. The van der Waals surface area contributed by atoms with Crippen molar-refractivity contribution < 1.29 is 9.53 Å². The van der Waals surface area contributed by atoms with Crippen molar-refractivity contribution in [3.8, 4) is 17.0 Å². The lowest BCUT2D eigenvalue weighted by molar-refractivity contribution is 0.112. The number of methoxy groups -OCH3 is 1. The Labute approximate surface area is 125 Å². The largest absolute Gasteiger partial charge is 0.496 e. The van der Waals surface area contributed by atoms with Gasteiger partial charge in [0.15, 0.2) is 6.29 Å². The van der Waals surface area contributed by atoms with Crippen molar-refractivity contribution in [2.24, 2.45) is 0 Å². The van der Waals surface area contributed by atoms with Gasteiger partial charge in [-0.2, -0.15) is 5.10 Å². The highest BCUT2D eigenvalue weighted by atomic mass is 16.5. The molecular weight excluding hydrogens is 264 g/mol. The Kier molecular flexibility index (Phi) is 4.46. The van der Waals surface area contributed by atoms with Crippen LogP contribution in [0, 0.1) is 13.8 Å². The predicted octanol–water partition coefficient (Wildman–Crippen LogP) is 3.96. The monoisotopic (exact) mass is 286 g/mol. The fourth-order valence-electron chi connectivity index (χ4n) is 2.38. The number of aromatic nitrogens is 2. The molecule has 0 radical (unpaired) electrons. The van der Waals surface area contributed by atoms with E-state index in [1.165, 1.54) is 0 Å². The van der Waals surface area contributed by atoms with Gasteiger partial charge in [-0.05, 0) is 50.5 Å². The molecule has 0 fully saturated rings. The Morgan fingerprint density at radius 3 is 2.62 bits per heavy atom. The van der Waals surface area contributed by atoms with Crippen molar-refractivity contribution in [1.29, 1.82) is 0 Å². The molecule has 0 aliphatic rings. The molecule has 4 nitrogen and oxygen atoms in total. The molecule has 1 heterocycles. The smallest absolute Gasteiger partial charge is 0.153 e. The van der Waals surface area contributed by atoms with Crippen LogP contribution in [0.1, 0.15) is 47.8 Å². The van der Waals surface area contributed by atoms with E-state index >= 15 is 0 Å². The summed E-state index contributed by atoms with van der Waals surface area (Å²) in [5, 5.41) is 4.62. The van der Waals surface area contributed by atoms with E-state index in [2.05, 4.69) is 18.9 Å². The summed E-state index contributed by atoms with van der Waals surface area (Å²) in [6.07, 6.45) is 3.68. The molecule has 21 heavy (non-hydrogen) atoms. The summed E-state index contributed by atoms with van der Waals surface area (Å²) in [5.74, 6) is 0.852. The second kappa shape index (κ2) is 6.12. The first-order valence-electron chi connectivity index (χ1n) is 7.21. The normalized spacial score (nSPS) is 12.2. The molecule has 1 aromatic carbocycles. The number of carbonyl (C=O) groups excluding carboxylic acids is 1. The number of hydrogen-bond donors (Lipinski definition) is 0. The molecule has 4 heteroatoms. The third-order valence-corrected chi connectivity index (χ3v) is 3.93. The van der Waals surface area contributed by atoms with Crippen molar-refractivity contribution >= 4 is 6.29 Å². The van der Waals surface area contributed by atoms with Crippen LogP contribution in [-0.2, 0) is 0 Å². The Hall–Kier alpha value is -2.10. The Bertz CT molecular complexity index is 659. The van der Waals surface area contributed by atoms with E-state index in [1.54, 1.807) is 7.11 Å². The lowest BCUT2D eigenvalue weighted by atomic mass is 10.00. The maximum Gasteiger partial charge on any atom is 0.153 e. The molecule has 0 spiro atoms. The third kappa shape index (κ3) is 2.84. The average molecular weight is 286 g/mol. The zero-order chi connectivity index (χ0) is 15.6. The fourth-order valence-corrected chi connectivity index (χ4v) is 2.38. The van der Waals surface area contributed by atoms with E-state index in [9.17, 15) is 4.79 Å². The van der Waals surface area contributed by atoms with Gasteiger partial charge in [0.1, 0.15) is 11.4 Å². The standard InChI is InChI=1S/C17H22N2O2/c1-6-13(4)19-9-14(10-20)17(18-19)15-7-12(3)16(21-5)8-11(15)2/h7-10,13H,6H2,1-5H3. The van der Waals surface area contributed by atoms with Gasteiger partial charge >= 0.3 is 0 Å². The molecule has 0 aliphatic heterocycles. The minimum atomic E-state index is 0.275. The summed E-state index contributed by atoms with van der Waals surface area (Å²) in [6, 6.07) is 4.29. The van der Waals surface area contributed by atoms with Crippen molar-refractivity contribution in [2.45, 2.75) is 40.2 Å². The highest BCUT2D eigenvalue weighted by Gasteiger charge is 2.16. The molecule has 0 amide bonds. The van der Waals surface area contributed by atoms with E-state index in [0.29, 0.717) is 5.56 Å². The van der Waals surface area contributed by atoms with Gasteiger partial charge in [-0.1, -0.05) is 6.92 Å². The number of hydrogen-bond acceptors (Lipinski definition) is 3. The molecule has 0 bridgehead atoms. The van der Waals surface area contributed by atoms with Gasteiger partial charge in [-0.3, -0.25) is 9.48 Å². The summed E-state index contributed by atoms with van der Waals surface area (Å²) in [5.41, 5.74) is 4.44. The van der Waals surface area contributed by atoms with Gasteiger partial charge in [0.05, 0.1) is 12.7 Å². The van der Waals surface area contributed by atoms with Crippen LogP contribution in [0.15, 0.2) is 18.3 Å². The second-order valence-corrected chi connectivity index (χ2v) is 5.42. The second-order valence-electron chi connectivity index (χ2n) is 5.42. The highest BCUT2D eigenvalue weighted by Crippen LogP contribution is 2.31. The van der Waals surface area contributed by atoms with Crippen molar-refractivity contribution in [3.05, 3.63) is 35.0 Å². The summed E-state index contributed by atoms with van der Waals surface area (Å²) in [7, 11) is 1.66. The molecule has 0 aliphatic carbocycles. The lowest BCUT2D eigenvalue weighted by Gasteiger charge is -2.11. The van der Waals surface area contributed by atoms with Crippen molar-refractivity contribution in [2.75, 3.05) is 7.11 Å². The highest BCUT2D eigenvalue weighted by molar-refractivity contribution is 5.86. The third-order valence-electron chi connectivity index (χ3n) is 3.93. The number of ether oxygens (including phenoxy) is 1. The van der Waals surface area contributed by atoms with Crippen LogP contribution in [-0.4, -0.2) is 23.2 Å². The molecule has 1 aromatic heterocycles. The first-order chi connectivity index (χ1) is 10.0. The van der Waals surface area contributed by atoms with Gasteiger partial charge in [-0.15, -0.1) is 0 Å². The summed E-state index contributed by atoms with van der Waals surface area (Å²) >= 11 is 0. The van der Waals surface area contributed by atoms with Gasteiger partial charge in [0, 0.05) is 17.8 Å². The van der Waals surface area contributed by atoms with Crippen LogP contribution in [0.25, 0.3) is 11.3 Å². The first kappa shape index (κ1) is 15.3. The van der Waals surface area contributed by atoms with E-state index in [0.717, 1.165) is 40.8 Å². The lowest BCUT2D eigenvalue weighted by Crippen LogP contribution is -2.04. The maximum absolute atomic E-state index is 11.4. The van der Waals surface area contributed by atoms with Gasteiger partial charge in [0.25, 0.3) is 0 Å². The number of nitrogens with zero attached hydrogens (tertiary/aromatic N) is 2. The zero-order valence-electron chi connectivity index (χ0n) is 13.3. The topological polar surface area (TPSA) is 44.1 Å². The van der Waals surface area contributed by atoms with Gasteiger partial charge in [0.2, 0.25) is 0 Å². The predicted molar refractivity (Wildman–Crippen MR) is 84.1 cm³/mol. The SMILES string of the molecule is CCC(C)n1cc(C=O)c(-c2cc(C)c(OC)cc2C)n1. The molecular formula is C17H22N2O2. The molecule has 0 N–H and O–H groups in total. The molecule has 2 aromatic rings. The van der Waals surface area contributed by atoms with E-state index in [-0.39, 0.29) is 6.04 Å². The molecule has 2 rings (SSSR count). The van der Waals surface area contributed by atoms with E-state index < -0.39 is 0 Å².